The Hall–Kier alpha value is -1.46. The topological polar surface area (TPSA) is 62.5 Å². The van der Waals surface area contributed by atoms with Crippen LogP contribution < -0.4 is 5.32 Å². The Morgan fingerprint density at radius 3 is 3.20 bits per heavy atom. The number of aliphatic hydroxyl groups is 1. The number of hydrogen-bond donors (Lipinski definition) is 2. The number of aromatic nitrogens is 3. The third-order valence-corrected chi connectivity index (χ3v) is 4.51. The SMILES string of the molecule is CC1(CNCc2cnc3cnccn23)CCCCC1O. The minimum Gasteiger partial charge on any atom is -0.393 e. The first-order chi connectivity index (χ1) is 9.69. The van der Waals surface area contributed by atoms with Crippen molar-refractivity contribution in [1.29, 1.82) is 0 Å². The smallest absolute Gasteiger partial charge is 0.155 e. The number of nitrogens with zero attached hydrogens (tertiary/aromatic N) is 3. The van der Waals surface area contributed by atoms with Gasteiger partial charge in [-0.25, -0.2) is 4.98 Å². The Labute approximate surface area is 119 Å². The highest BCUT2D eigenvalue weighted by Crippen LogP contribution is 2.35. The molecule has 2 atom stereocenters. The number of hydrogen-bond acceptors (Lipinski definition) is 4. The van der Waals surface area contributed by atoms with Crippen LogP contribution in [-0.2, 0) is 6.54 Å². The first-order valence-corrected chi connectivity index (χ1v) is 7.34. The summed E-state index contributed by atoms with van der Waals surface area (Å²) in [5.74, 6) is 0. The Morgan fingerprint density at radius 2 is 2.35 bits per heavy atom. The van der Waals surface area contributed by atoms with Gasteiger partial charge < -0.3 is 10.4 Å². The fourth-order valence-corrected chi connectivity index (χ4v) is 3.09. The van der Waals surface area contributed by atoms with Crippen LogP contribution in [0.2, 0.25) is 0 Å². The predicted octanol–water partition coefficient (Wildman–Crippen LogP) is 1.76. The normalized spacial score (nSPS) is 27.0. The van der Waals surface area contributed by atoms with Gasteiger partial charge in [0.1, 0.15) is 0 Å². The lowest BCUT2D eigenvalue weighted by Crippen LogP contribution is -2.43. The van der Waals surface area contributed by atoms with Gasteiger partial charge in [-0.05, 0) is 12.8 Å². The molecule has 20 heavy (non-hydrogen) atoms. The molecule has 108 valence electrons. The minimum absolute atomic E-state index is 0.000295. The van der Waals surface area contributed by atoms with E-state index in [0.717, 1.165) is 43.7 Å². The molecule has 2 unspecified atom stereocenters. The molecule has 0 spiro atoms. The van der Waals surface area contributed by atoms with Crippen LogP contribution in [0.4, 0.5) is 0 Å². The first-order valence-electron chi connectivity index (χ1n) is 7.34. The maximum Gasteiger partial charge on any atom is 0.155 e. The van der Waals surface area contributed by atoms with Gasteiger partial charge in [0.05, 0.1) is 24.2 Å². The van der Waals surface area contributed by atoms with Crippen LogP contribution in [0, 0.1) is 5.41 Å². The van der Waals surface area contributed by atoms with Crippen molar-refractivity contribution >= 4 is 5.65 Å². The third-order valence-electron chi connectivity index (χ3n) is 4.51. The number of nitrogens with one attached hydrogen (secondary N) is 1. The lowest BCUT2D eigenvalue weighted by Gasteiger charge is -2.38. The molecule has 5 heteroatoms. The molecule has 0 aliphatic heterocycles. The largest absolute Gasteiger partial charge is 0.393 e. The molecule has 1 saturated carbocycles. The number of rotatable bonds is 4. The summed E-state index contributed by atoms with van der Waals surface area (Å²) in [6.07, 6.45) is 11.5. The van der Waals surface area contributed by atoms with Crippen LogP contribution in [0.15, 0.2) is 24.8 Å². The molecule has 0 saturated heterocycles. The summed E-state index contributed by atoms with van der Waals surface area (Å²) in [5.41, 5.74) is 1.99. The molecule has 2 heterocycles. The quantitative estimate of drug-likeness (QED) is 0.892. The van der Waals surface area contributed by atoms with E-state index in [-0.39, 0.29) is 11.5 Å². The average Bonchev–Trinajstić information content (AvgIpc) is 2.86. The van der Waals surface area contributed by atoms with Gasteiger partial charge in [0.15, 0.2) is 5.65 Å². The van der Waals surface area contributed by atoms with Crippen LogP contribution >= 0.6 is 0 Å². The Kier molecular flexibility index (Phi) is 3.72. The number of aliphatic hydroxyl groups excluding tert-OH is 1. The molecule has 3 rings (SSSR count). The van der Waals surface area contributed by atoms with Crippen molar-refractivity contribution in [3.8, 4) is 0 Å². The highest BCUT2D eigenvalue weighted by atomic mass is 16.3. The zero-order valence-electron chi connectivity index (χ0n) is 11.9. The van der Waals surface area contributed by atoms with Crippen molar-refractivity contribution < 1.29 is 5.11 Å². The molecule has 2 N–H and O–H groups in total. The van der Waals surface area contributed by atoms with E-state index in [4.69, 9.17) is 0 Å². The van der Waals surface area contributed by atoms with Crippen molar-refractivity contribution in [3.05, 3.63) is 30.5 Å². The summed E-state index contributed by atoms with van der Waals surface area (Å²) in [5, 5.41) is 13.7. The van der Waals surface area contributed by atoms with Crippen molar-refractivity contribution in [3.63, 3.8) is 0 Å². The van der Waals surface area contributed by atoms with Crippen LogP contribution in [-0.4, -0.2) is 32.1 Å². The standard InChI is InChI=1S/C15H22N4O/c1-15(5-3-2-4-13(15)20)11-17-8-12-9-18-14-10-16-6-7-19(12)14/h6-7,9-10,13,17,20H,2-5,8,11H2,1H3. The minimum atomic E-state index is -0.185. The van der Waals surface area contributed by atoms with Gasteiger partial charge in [-0.1, -0.05) is 19.8 Å². The predicted molar refractivity (Wildman–Crippen MR) is 77.3 cm³/mol. The number of fused-ring (bicyclic) bond motifs is 1. The van der Waals surface area contributed by atoms with Gasteiger partial charge in [0, 0.05) is 30.9 Å². The number of imidazole rings is 1. The van der Waals surface area contributed by atoms with E-state index in [1.807, 2.05) is 16.8 Å². The van der Waals surface area contributed by atoms with Gasteiger partial charge >= 0.3 is 0 Å². The maximum absolute atomic E-state index is 10.2. The first kappa shape index (κ1) is 13.5. The average molecular weight is 274 g/mol. The summed E-state index contributed by atoms with van der Waals surface area (Å²) < 4.78 is 2.04. The molecule has 1 fully saturated rings. The fourth-order valence-electron chi connectivity index (χ4n) is 3.09. The van der Waals surface area contributed by atoms with Crippen LogP contribution in [0.1, 0.15) is 38.3 Å². The zero-order chi connectivity index (χ0) is 14.0. The molecule has 2 aromatic rings. The zero-order valence-corrected chi connectivity index (χ0v) is 11.9. The molecular weight excluding hydrogens is 252 g/mol. The Bertz CT molecular complexity index is 582. The van der Waals surface area contributed by atoms with Crippen LogP contribution in [0.5, 0.6) is 0 Å². The van der Waals surface area contributed by atoms with Gasteiger partial charge in [-0.2, -0.15) is 0 Å². The van der Waals surface area contributed by atoms with Crippen molar-refractivity contribution in [2.45, 2.75) is 45.3 Å². The molecule has 2 aromatic heterocycles. The monoisotopic (exact) mass is 274 g/mol. The van der Waals surface area contributed by atoms with E-state index in [1.54, 1.807) is 12.4 Å². The second-order valence-corrected chi connectivity index (χ2v) is 6.07. The molecule has 1 aliphatic rings. The molecule has 0 bridgehead atoms. The second kappa shape index (κ2) is 5.50. The molecular formula is C15H22N4O. The van der Waals surface area contributed by atoms with Crippen molar-refractivity contribution in [2.24, 2.45) is 5.41 Å². The summed E-state index contributed by atoms with van der Waals surface area (Å²) in [7, 11) is 0. The molecule has 0 amide bonds. The van der Waals surface area contributed by atoms with E-state index in [2.05, 4.69) is 22.2 Å². The summed E-state index contributed by atoms with van der Waals surface area (Å²) >= 11 is 0. The van der Waals surface area contributed by atoms with Crippen LogP contribution in [0.3, 0.4) is 0 Å². The third kappa shape index (κ3) is 2.55. The fraction of sp³-hybridized carbons (Fsp3) is 0.600. The molecule has 0 aromatic carbocycles. The summed E-state index contributed by atoms with van der Waals surface area (Å²) in [4.78, 5) is 8.39. The van der Waals surface area contributed by atoms with E-state index in [0.29, 0.717) is 0 Å². The summed E-state index contributed by atoms with van der Waals surface area (Å²) in [6.45, 7) is 3.78. The maximum atomic E-state index is 10.2. The van der Waals surface area contributed by atoms with Crippen molar-refractivity contribution in [2.75, 3.05) is 6.54 Å². The highest BCUT2D eigenvalue weighted by Gasteiger charge is 2.34. The van der Waals surface area contributed by atoms with Crippen molar-refractivity contribution in [1.82, 2.24) is 19.7 Å². The Balaban J connectivity index is 1.62. The van der Waals surface area contributed by atoms with E-state index < -0.39 is 0 Å². The molecule has 1 aliphatic carbocycles. The lowest BCUT2D eigenvalue weighted by molar-refractivity contribution is 0.00110. The molecule has 0 radical (unpaired) electrons. The molecule has 5 nitrogen and oxygen atoms in total. The van der Waals surface area contributed by atoms with Crippen LogP contribution in [0.25, 0.3) is 5.65 Å². The van der Waals surface area contributed by atoms with E-state index >= 15 is 0 Å². The lowest BCUT2D eigenvalue weighted by atomic mass is 9.73. The highest BCUT2D eigenvalue weighted by molar-refractivity contribution is 5.36. The van der Waals surface area contributed by atoms with E-state index in [1.165, 1.54) is 6.42 Å². The van der Waals surface area contributed by atoms with Gasteiger partial charge in [-0.3, -0.25) is 9.38 Å². The summed E-state index contributed by atoms with van der Waals surface area (Å²) in [6, 6.07) is 0. The van der Waals surface area contributed by atoms with E-state index in [9.17, 15) is 5.11 Å². The Morgan fingerprint density at radius 1 is 1.45 bits per heavy atom. The van der Waals surface area contributed by atoms with Gasteiger partial charge in [0.25, 0.3) is 0 Å². The second-order valence-electron chi connectivity index (χ2n) is 6.07. The van der Waals surface area contributed by atoms with Gasteiger partial charge in [0.2, 0.25) is 0 Å². The van der Waals surface area contributed by atoms with Gasteiger partial charge in [-0.15, -0.1) is 0 Å².